The minimum Gasteiger partial charge on any atom is -0.497 e. The number of carbonyl (C=O) groups is 6. The molecule has 0 aliphatic heterocycles. The van der Waals surface area contributed by atoms with Gasteiger partial charge in [-0.1, -0.05) is 42.5 Å². The molecule has 0 aliphatic rings. The summed E-state index contributed by atoms with van der Waals surface area (Å²) in [4.78, 5) is 101. The van der Waals surface area contributed by atoms with Gasteiger partial charge in [0.2, 0.25) is 36.8 Å². The van der Waals surface area contributed by atoms with Crippen molar-refractivity contribution >= 4 is 81.6 Å². The van der Waals surface area contributed by atoms with Crippen LogP contribution in [0.4, 0.5) is 11.4 Å². The lowest BCUT2D eigenvalue weighted by atomic mass is 10.1. The molecule has 6 atom stereocenters. The van der Waals surface area contributed by atoms with Gasteiger partial charge in [0, 0.05) is 18.1 Å². The van der Waals surface area contributed by atoms with E-state index in [1.165, 1.54) is 24.1 Å². The van der Waals surface area contributed by atoms with Gasteiger partial charge < -0.3 is 98.7 Å². The molecule has 29 nitrogen and oxygen atoms in total. The first-order valence-electron chi connectivity index (χ1n) is 19.6. The number of amides is 6. The summed E-state index contributed by atoms with van der Waals surface area (Å²) in [5.74, 6) is -9.91. The number of nitrogen functional groups attached to an aromatic ring is 1. The Balaban J connectivity index is 1.65. The highest BCUT2D eigenvalue weighted by atomic mass is 16.5. The Labute approximate surface area is 385 Å². The maximum absolute atomic E-state index is 14.2. The number of methoxy groups -OCH3 is 1. The fraction of sp³-hybridized carbons (Fsp3) is 0.205. The van der Waals surface area contributed by atoms with Crippen LogP contribution in [0.2, 0.25) is 0 Å². The highest BCUT2D eigenvalue weighted by Gasteiger charge is 2.35. The quantitative estimate of drug-likeness (QED) is 0.0160. The van der Waals surface area contributed by atoms with E-state index in [0.717, 1.165) is 0 Å². The summed E-state index contributed by atoms with van der Waals surface area (Å²) in [5.41, 5.74) is 57.3. The smallest absolute Gasteiger partial charge is 0.270 e. The first-order valence-corrected chi connectivity index (χ1v) is 19.6. The monoisotopic (exact) mass is 941 g/mol. The third kappa shape index (κ3) is 14.2. The molecule has 0 saturated carbocycles. The van der Waals surface area contributed by atoms with E-state index >= 15 is 0 Å². The number of aliphatic hydroxyl groups excluding tert-OH is 1. The van der Waals surface area contributed by atoms with Gasteiger partial charge in [0.25, 0.3) is 29.5 Å². The van der Waals surface area contributed by atoms with Crippen LogP contribution in [-0.2, 0) is 35.3 Å². The van der Waals surface area contributed by atoms with Crippen LogP contribution in [0, 0.1) is 0 Å². The molecule has 1 heterocycles. The Morgan fingerprint density at radius 3 is 1.57 bits per heavy atom. The summed E-state index contributed by atoms with van der Waals surface area (Å²) in [6.45, 7) is -0.0861. The van der Waals surface area contributed by atoms with E-state index in [1.807, 2.05) is 10.6 Å². The summed E-state index contributed by atoms with van der Waals surface area (Å²) in [6, 6.07) is 19.3. The molecule has 6 unspecified atom stereocenters. The Kier molecular flexibility index (Phi) is 17.5. The number of rotatable bonds is 21. The number of nitrogens with one attached hydrogen (secondary N) is 5. The van der Waals surface area contributed by atoms with E-state index < -0.39 is 96.2 Å². The SMILES string of the molecule is COc1ccc(CN(c2ccc3ncccc3c2N)C(O)C(=O)NC(C(=O)NC(N=C(N)N)C(=O)NC(N=C(N)N)C(=O)NC(N=C(N)N)C(=O)NC(N=C(N)N)C(N)=O)c2ccccc2)cc1. The molecule has 4 rings (SSSR count). The van der Waals surface area contributed by atoms with E-state index in [2.05, 4.69) is 40.9 Å². The van der Waals surface area contributed by atoms with Crippen molar-refractivity contribution in [2.45, 2.75) is 43.5 Å². The van der Waals surface area contributed by atoms with Gasteiger partial charge >= 0.3 is 0 Å². The number of guanidine groups is 4. The fourth-order valence-electron chi connectivity index (χ4n) is 6.04. The predicted octanol–water partition coefficient (Wildman–Crippen LogP) is -6.64. The van der Waals surface area contributed by atoms with Crippen LogP contribution in [0.25, 0.3) is 10.9 Å². The van der Waals surface area contributed by atoms with Crippen LogP contribution in [0.3, 0.4) is 0 Å². The molecule has 68 heavy (non-hydrogen) atoms. The molecule has 0 spiro atoms. The molecule has 6 amide bonds. The number of nitrogens with zero attached hydrogens (tertiary/aromatic N) is 6. The van der Waals surface area contributed by atoms with Crippen LogP contribution in [0.15, 0.2) is 105 Å². The number of aliphatic imine (C=N–C) groups is 4. The van der Waals surface area contributed by atoms with Crippen LogP contribution in [0.5, 0.6) is 5.75 Å². The highest BCUT2D eigenvalue weighted by molar-refractivity contribution is 6.01. The maximum atomic E-state index is 14.2. The first-order chi connectivity index (χ1) is 32.2. The molecular formula is C39H51N21O8. The van der Waals surface area contributed by atoms with E-state index in [-0.39, 0.29) is 23.5 Å². The van der Waals surface area contributed by atoms with Crippen LogP contribution in [0.1, 0.15) is 17.2 Å². The van der Waals surface area contributed by atoms with Gasteiger partial charge in [0.05, 0.1) is 24.0 Å². The maximum Gasteiger partial charge on any atom is 0.270 e. The second-order valence-electron chi connectivity index (χ2n) is 14.0. The van der Waals surface area contributed by atoms with Crippen molar-refractivity contribution in [3.05, 3.63) is 96.2 Å². The number of fused-ring (bicyclic) bond motifs is 1. The van der Waals surface area contributed by atoms with Crippen LogP contribution in [-0.4, -0.2) is 107 Å². The van der Waals surface area contributed by atoms with Crippen molar-refractivity contribution < 1.29 is 38.6 Å². The number of nitrogens with two attached hydrogens (primary N) is 10. The van der Waals surface area contributed by atoms with Crippen molar-refractivity contribution in [1.82, 2.24) is 31.6 Å². The number of primary amides is 1. The molecule has 0 saturated heterocycles. The van der Waals surface area contributed by atoms with E-state index in [0.29, 0.717) is 22.2 Å². The third-order valence-electron chi connectivity index (χ3n) is 9.08. The highest BCUT2D eigenvalue weighted by Crippen LogP contribution is 2.33. The Hall–Kier alpha value is -9.67. The number of benzene rings is 3. The van der Waals surface area contributed by atoms with Crippen molar-refractivity contribution in [3.63, 3.8) is 0 Å². The zero-order valence-electron chi connectivity index (χ0n) is 36.0. The second kappa shape index (κ2) is 23.3. The van der Waals surface area contributed by atoms with Crippen molar-refractivity contribution in [1.29, 1.82) is 0 Å². The molecule has 0 radical (unpaired) electrons. The van der Waals surface area contributed by atoms with Crippen molar-refractivity contribution in [3.8, 4) is 5.75 Å². The normalized spacial score (nSPS) is 13.2. The molecule has 3 aromatic carbocycles. The first kappa shape index (κ1) is 51.0. The Morgan fingerprint density at radius 2 is 1.09 bits per heavy atom. The number of hydrogen-bond donors (Lipinski definition) is 16. The molecule has 0 fully saturated rings. The fourth-order valence-corrected chi connectivity index (χ4v) is 6.04. The molecule has 0 aliphatic carbocycles. The number of anilines is 2. The molecule has 26 N–H and O–H groups in total. The van der Waals surface area contributed by atoms with E-state index in [4.69, 9.17) is 62.1 Å². The molecule has 0 bridgehead atoms. The average Bonchev–Trinajstić information content (AvgIpc) is 3.28. The van der Waals surface area contributed by atoms with Gasteiger partial charge in [-0.2, -0.15) is 0 Å². The Bertz CT molecular complexity index is 2590. The number of pyridine rings is 1. The predicted molar refractivity (Wildman–Crippen MR) is 249 cm³/mol. The summed E-state index contributed by atoms with van der Waals surface area (Å²) >= 11 is 0. The Morgan fingerprint density at radius 1 is 0.603 bits per heavy atom. The van der Waals surface area contributed by atoms with E-state index in [1.54, 1.807) is 72.9 Å². The molecule has 1 aromatic heterocycles. The number of ether oxygens (including phenoxy) is 1. The van der Waals surface area contributed by atoms with Crippen LogP contribution < -0.4 is 93.6 Å². The van der Waals surface area contributed by atoms with Gasteiger partial charge in [0.15, 0.2) is 23.8 Å². The zero-order valence-corrected chi connectivity index (χ0v) is 36.0. The number of aromatic nitrogens is 1. The largest absolute Gasteiger partial charge is 0.497 e. The molecule has 360 valence electrons. The summed E-state index contributed by atoms with van der Waals surface area (Å²) < 4.78 is 5.27. The summed E-state index contributed by atoms with van der Waals surface area (Å²) in [5, 5.41) is 23.3. The number of aliphatic hydroxyl groups is 1. The topological polar surface area (TPSA) is 518 Å². The number of hydrogen-bond acceptors (Lipinski definition) is 15. The average molecular weight is 942 g/mol. The zero-order chi connectivity index (χ0) is 50.2. The van der Waals surface area contributed by atoms with Gasteiger partial charge in [-0.3, -0.25) is 33.8 Å². The molecule has 4 aromatic rings. The lowest BCUT2D eigenvalue weighted by Crippen LogP contribution is -2.58. The second-order valence-corrected chi connectivity index (χ2v) is 14.0. The van der Waals surface area contributed by atoms with Gasteiger partial charge in [-0.05, 0) is 47.5 Å². The lowest BCUT2D eigenvalue weighted by Gasteiger charge is -2.32. The van der Waals surface area contributed by atoms with Gasteiger partial charge in [-0.15, -0.1) is 0 Å². The van der Waals surface area contributed by atoms with Crippen molar-refractivity contribution in [2.75, 3.05) is 17.7 Å². The summed E-state index contributed by atoms with van der Waals surface area (Å²) in [7, 11) is 1.49. The molecule has 29 heteroatoms. The minimum absolute atomic E-state index is 0.0861. The van der Waals surface area contributed by atoms with Crippen LogP contribution >= 0.6 is 0 Å². The molecular weight excluding hydrogens is 891 g/mol. The minimum atomic E-state index is -2.15. The van der Waals surface area contributed by atoms with Gasteiger partial charge in [0.1, 0.15) is 11.8 Å². The lowest BCUT2D eigenvalue weighted by molar-refractivity contribution is -0.136. The van der Waals surface area contributed by atoms with Crippen molar-refractivity contribution in [2.24, 2.45) is 71.6 Å². The van der Waals surface area contributed by atoms with E-state index in [9.17, 15) is 33.9 Å². The standard InChI is InChI=1S/C39H51N21O8/c1-68-19-11-9-17(10-12-19)16-60(22-14-13-21-20(23(22)40)8-5-15-50-21)35(67)34(66)51-24(18-6-3-2-4-7-18)30(62)53-27(57-37(44)45)32(64)55-29(59-39(48)49)33(65)54-28(58-38(46)47)31(63)52-26(25(41)61)56-36(42)43/h2-15,24,26-29,35,67H,16,40H2,1H3,(H2,41,61)(H,51,66)(H,52,63)(H,53,62)(H,54,65)(H,55,64)(H4,42,43,56)(H4,44,45,57)(H4,46,47,58)(H4,48,49,59). The van der Waals surface area contributed by atoms with Gasteiger partial charge in [-0.25, -0.2) is 20.0 Å². The summed E-state index contributed by atoms with van der Waals surface area (Å²) in [6.07, 6.45) is -8.63. The number of carbonyl (C=O) groups excluding carboxylic acids is 6. The third-order valence-corrected chi connectivity index (χ3v) is 9.08.